The van der Waals surface area contributed by atoms with Gasteiger partial charge < -0.3 is 16.8 Å². The molecule has 1 heterocycles. The van der Waals surface area contributed by atoms with E-state index in [-0.39, 0.29) is 5.95 Å². The maximum absolute atomic E-state index is 5.51. The third-order valence-electron chi connectivity index (χ3n) is 2.03. The molecule has 1 aromatic rings. The SMILES string of the molecule is Nc1cc(NCC2CC2)nc(N)n1. The maximum Gasteiger partial charge on any atom is 0.223 e. The van der Waals surface area contributed by atoms with Crippen molar-refractivity contribution in [2.75, 3.05) is 23.3 Å². The molecular formula is C8H13N5. The van der Waals surface area contributed by atoms with Crippen LogP contribution >= 0.6 is 0 Å². The van der Waals surface area contributed by atoms with Crippen molar-refractivity contribution in [2.45, 2.75) is 12.8 Å². The van der Waals surface area contributed by atoms with Crippen molar-refractivity contribution in [3.8, 4) is 0 Å². The van der Waals surface area contributed by atoms with Gasteiger partial charge in [0.2, 0.25) is 5.95 Å². The van der Waals surface area contributed by atoms with Crippen LogP contribution in [0.25, 0.3) is 0 Å². The van der Waals surface area contributed by atoms with Crippen LogP contribution in [0.3, 0.4) is 0 Å². The normalized spacial score (nSPS) is 15.7. The third-order valence-corrected chi connectivity index (χ3v) is 2.03. The molecule has 5 heteroatoms. The Kier molecular flexibility index (Phi) is 1.92. The van der Waals surface area contributed by atoms with E-state index in [9.17, 15) is 0 Å². The molecule has 2 rings (SSSR count). The molecule has 0 amide bonds. The fourth-order valence-corrected chi connectivity index (χ4v) is 1.15. The number of aromatic nitrogens is 2. The number of hydrogen-bond acceptors (Lipinski definition) is 5. The van der Waals surface area contributed by atoms with Crippen molar-refractivity contribution in [3.05, 3.63) is 6.07 Å². The van der Waals surface area contributed by atoms with Crippen LogP contribution in [-0.2, 0) is 0 Å². The van der Waals surface area contributed by atoms with Gasteiger partial charge in [0.1, 0.15) is 11.6 Å². The monoisotopic (exact) mass is 179 g/mol. The van der Waals surface area contributed by atoms with E-state index in [0.29, 0.717) is 5.82 Å². The molecule has 0 aliphatic heterocycles. The summed E-state index contributed by atoms with van der Waals surface area (Å²) in [5.41, 5.74) is 10.9. The van der Waals surface area contributed by atoms with Crippen LogP contribution in [0.2, 0.25) is 0 Å². The van der Waals surface area contributed by atoms with Crippen molar-refractivity contribution < 1.29 is 0 Å². The highest BCUT2D eigenvalue weighted by atomic mass is 15.1. The smallest absolute Gasteiger partial charge is 0.223 e. The molecule has 0 spiro atoms. The highest BCUT2D eigenvalue weighted by molar-refractivity contribution is 5.48. The highest BCUT2D eigenvalue weighted by Crippen LogP contribution is 2.28. The molecule has 13 heavy (non-hydrogen) atoms. The summed E-state index contributed by atoms with van der Waals surface area (Å²) >= 11 is 0. The number of nitrogens with two attached hydrogens (primary N) is 2. The summed E-state index contributed by atoms with van der Waals surface area (Å²) < 4.78 is 0. The van der Waals surface area contributed by atoms with E-state index in [1.807, 2.05) is 0 Å². The molecule has 1 fully saturated rings. The number of nitrogens with zero attached hydrogens (tertiary/aromatic N) is 2. The first-order valence-electron chi connectivity index (χ1n) is 4.38. The molecular weight excluding hydrogens is 166 g/mol. The molecule has 70 valence electrons. The van der Waals surface area contributed by atoms with Gasteiger partial charge in [-0.3, -0.25) is 0 Å². The van der Waals surface area contributed by atoms with Gasteiger partial charge in [-0.05, 0) is 18.8 Å². The Balaban J connectivity index is 2.01. The van der Waals surface area contributed by atoms with Gasteiger partial charge in [-0.2, -0.15) is 9.97 Å². The second-order valence-electron chi connectivity index (χ2n) is 3.36. The van der Waals surface area contributed by atoms with Crippen LogP contribution in [0.1, 0.15) is 12.8 Å². The number of nitrogens with one attached hydrogen (secondary N) is 1. The van der Waals surface area contributed by atoms with Gasteiger partial charge in [0, 0.05) is 12.6 Å². The molecule has 1 aliphatic carbocycles. The first kappa shape index (κ1) is 8.10. The number of hydrogen-bond donors (Lipinski definition) is 3. The Hall–Kier alpha value is -1.52. The number of anilines is 3. The molecule has 0 atom stereocenters. The molecule has 1 saturated carbocycles. The Labute approximate surface area is 76.6 Å². The maximum atomic E-state index is 5.51. The Bertz CT molecular complexity index is 287. The molecule has 1 aromatic heterocycles. The molecule has 0 aromatic carbocycles. The number of nitrogen functional groups attached to an aromatic ring is 2. The predicted molar refractivity (Wildman–Crippen MR) is 52.1 cm³/mol. The first-order chi connectivity index (χ1) is 6.24. The lowest BCUT2D eigenvalue weighted by Crippen LogP contribution is -2.08. The summed E-state index contributed by atoms with van der Waals surface area (Å²) in [6.45, 7) is 0.954. The van der Waals surface area contributed by atoms with Crippen molar-refractivity contribution in [1.29, 1.82) is 0 Å². The second-order valence-corrected chi connectivity index (χ2v) is 3.36. The van der Waals surface area contributed by atoms with Crippen LogP contribution in [0.5, 0.6) is 0 Å². The molecule has 5 N–H and O–H groups in total. The van der Waals surface area contributed by atoms with E-state index in [2.05, 4.69) is 15.3 Å². The lowest BCUT2D eigenvalue weighted by molar-refractivity contribution is 0.882. The lowest BCUT2D eigenvalue weighted by Gasteiger charge is -2.04. The molecule has 0 radical (unpaired) electrons. The average molecular weight is 179 g/mol. The standard InChI is InChI=1S/C8H13N5/c9-6-3-7(13-8(10)12-6)11-4-5-1-2-5/h3,5H,1-2,4H2,(H5,9,10,11,12,13). The zero-order valence-corrected chi connectivity index (χ0v) is 7.33. The van der Waals surface area contributed by atoms with E-state index in [1.54, 1.807) is 6.07 Å². The van der Waals surface area contributed by atoms with Gasteiger partial charge in [-0.25, -0.2) is 0 Å². The fraction of sp³-hybridized carbons (Fsp3) is 0.500. The van der Waals surface area contributed by atoms with Gasteiger partial charge in [0.25, 0.3) is 0 Å². The molecule has 0 saturated heterocycles. The van der Waals surface area contributed by atoms with Gasteiger partial charge in [0.05, 0.1) is 0 Å². The van der Waals surface area contributed by atoms with Crippen LogP contribution in [-0.4, -0.2) is 16.5 Å². The predicted octanol–water partition coefficient (Wildman–Crippen LogP) is 0.463. The van der Waals surface area contributed by atoms with Crippen molar-refractivity contribution in [3.63, 3.8) is 0 Å². The Morgan fingerprint density at radius 2 is 2.15 bits per heavy atom. The molecule has 5 nitrogen and oxygen atoms in total. The Morgan fingerprint density at radius 3 is 2.77 bits per heavy atom. The van der Waals surface area contributed by atoms with Gasteiger partial charge in [0.15, 0.2) is 0 Å². The van der Waals surface area contributed by atoms with Crippen LogP contribution in [0.15, 0.2) is 6.07 Å². The van der Waals surface area contributed by atoms with Crippen LogP contribution in [0.4, 0.5) is 17.6 Å². The van der Waals surface area contributed by atoms with Gasteiger partial charge in [-0.15, -0.1) is 0 Å². The van der Waals surface area contributed by atoms with E-state index in [1.165, 1.54) is 12.8 Å². The minimum Gasteiger partial charge on any atom is -0.383 e. The molecule has 0 bridgehead atoms. The summed E-state index contributed by atoms with van der Waals surface area (Å²) in [6, 6.07) is 1.69. The van der Waals surface area contributed by atoms with E-state index in [4.69, 9.17) is 11.5 Å². The molecule has 0 unspecified atom stereocenters. The second kappa shape index (κ2) is 3.08. The van der Waals surface area contributed by atoms with Crippen molar-refractivity contribution in [2.24, 2.45) is 5.92 Å². The summed E-state index contributed by atoms with van der Waals surface area (Å²) in [5, 5.41) is 3.18. The lowest BCUT2D eigenvalue weighted by atomic mass is 10.4. The third kappa shape index (κ3) is 2.21. The van der Waals surface area contributed by atoms with Crippen molar-refractivity contribution >= 4 is 17.6 Å². The average Bonchev–Trinajstić information content (AvgIpc) is 2.81. The zero-order chi connectivity index (χ0) is 9.26. The zero-order valence-electron chi connectivity index (χ0n) is 7.33. The highest BCUT2D eigenvalue weighted by Gasteiger charge is 2.20. The van der Waals surface area contributed by atoms with E-state index in [0.717, 1.165) is 18.3 Å². The Morgan fingerprint density at radius 1 is 1.38 bits per heavy atom. The summed E-state index contributed by atoms with van der Waals surface area (Å²) in [7, 11) is 0. The van der Waals surface area contributed by atoms with Gasteiger partial charge >= 0.3 is 0 Å². The minimum absolute atomic E-state index is 0.221. The number of rotatable bonds is 3. The quantitative estimate of drug-likeness (QED) is 0.627. The fourth-order valence-electron chi connectivity index (χ4n) is 1.15. The molecule has 1 aliphatic rings. The van der Waals surface area contributed by atoms with E-state index >= 15 is 0 Å². The summed E-state index contributed by atoms with van der Waals surface area (Å²) in [4.78, 5) is 7.79. The summed E-state index contributed by atoms with van der Waals surface area (Å²) in [6.07, 6.45) is 2.62. The van der Waals surface area contributed by atoms with E-state index < -0.39 is 0 Å². The van der Waals surface area contributed by atoms with Crippen LogP contribution in [0, 0.1) is 5.92 Å². The van der Waals surface area contributed by atoms with Crippen LogP contribution < -0.4 is 16.8 Å². The first-order valence-corrected chi connectivity index (χ1v) is 4.38. The van der Waals surface area contributed by atoms with Gasteiger partial charge in [-0.1, -0.05) is 0 Å². The van der Waals surface area contributed by atoms with Crippen molar-refractivity contribution in [1.82, 2.24) is 9.97 Å². The topological polar surface area (TPSA) is 89.8 Å². The minimum atomic E-state index is 0.221. The summed E-state index contributed by atoms with van der Waals surface area (Å²) in [5.74, 6) is 2.15. The largest absolute Gasteiger partial charge is 0.383 e.